The van der Waals surface area contributed by atoms with Crippen LogP contribution in [0.5, 0.6) is 17.2 Å². The second-order valence-corrected chi connectivity index (χ2v) is 5.07. The number of hydrogen-bond donors (Lipinski definition) is 1. The van der Waals surface area contributed by atoms with Crippen LogP contribution in [0, 0.1) is 0 Å². The van der Waals surface area contributed by atoms with Gasteiger partial charge in [-0.2, -0.15) is 8.78 Å². The fourth-order valence-electron chi connectivity index (χ4n) is 2.17. The number of amides is 1. The number of ether oxygens (including phenoxy) is 3. The van der Waals surface area contributed by atoms with Crippen LogP contribution < -0.4 is 19.5 Å². The van der Waals surface area contributed by atoms with E-state index in [0.717, 1.165) is 5.56 Å². The highest BCUT2D eigenvalue weighted by Gasteiger charge is 2.06. The van der Waals surface area contributed by atoms with Gasteiger partial charge in [-0.1, -0.05) is 12.1 Å². The third-order valence-corrected chi connectivity index (χ3v) is 3.24. The zero-order chi connectivity index (χ0) is 18.9. The number of rotatable bonds is 8. The molecule has 1 amide bonds. The van der Waals surface area contributed by atoms with Gasteiger partial charge in [0, 0.05) is 17.8 Å². The van der Waals surface area contributed by atoms with Gasteiger partial charge in [0.05, 0.1) is 13.7 Å². The van der Waals surface area contributed by atoms with E-state index in [4.69, 9.17) is 9.47 Å². The van der Waals surface area contributed by atoms with Crippen molar-refractivity contribution < 1.29 is 27.8 Å². The van der Waals surface area contributed by atoms with Crippen LogP contribution in [0.25, 0.3) is 6.08 Å². The van der Waals surface area contributed by atoms with Gasteiger partial charge in [0.15, 0.2) is 11.5 Å². The molecule has 0 bridgehead atoms. The van der Waals surface area contributed by atoms with Gasteiger partial charge in [0.1, 0.15) is 5.75 Å². The summed E-state index contributed by atoms with van der Waals surface area (Å²) < 4.78 is 39.4. The number of hydrogen-bond acceptors (Lipinski definition) is 4. The molecule has 2 rings (SSSR count). The van der Waals surface area contributed by atoms with E-state index in [2.05, 4.69) is 10.1 Å². The molecule has 0 aliphatic carbocycles. The molecule has 0 radical (unpaired) electrons. The molecule has 0 unspecified atom stereocenters. The van der Waals surface area contributed by atoms with Gasteiger partial charge in [-0.15, -0.1) is 0 Å². The van der Waals surface area contributed by atoms with Gasteiger partial charge in [0.2, 0.25) is 5.91 Å². The molecule has 5 nitrogen and oxygen atoms in total. The fraction of sp³-hybridized carbons (Fsp3) is 0.211. The highest BCUT2D eigenvalue weighted by molar-refractivity contribution is 6.02. The van der Waals surface area contributed by atoms with Crippen molar-refractivity contribution in [2.24, 2.45) is 0 Å². The van der Waals surface area contributed by atoms with Gasteiger partial charge >= 0.3 is 6.61 Å². The molecule has 0 aliphatic rings. The standard InChI is InChI=1S/C19H19F2NO4/c1-3-25-16-9-7-13(11-17(16)24-2)8-10-18(23)22-14-5-4-6-15(12-14)26-19(20)21/h4-12,19H,3H2,1-2H3,(H,22,23)/b10-8+. The Balaban J connectivity index is 2.03. The van der Waals surface area contributed by atoms with E-state index >= 15 is 0 Å². The summed E-state index contributed by atoms with van der Waals surface area (Å²) in [4.78, 5) is 12.0. The van der Waals surface area contributed by atoms with E-state index in [1.165, 1.54) is 31.4 Å². The minimum absolute atomic E-state index is 0.0296. The van der Waals surface area contributed by atoms with Crippen LogP contribution in [0.2, 0.25) is 0 Å². The molecule has 2 aromatic carbocycles. The zero-order valence-corrected chi connectivity index (χ0v) is 14.4. The molecule has 138 valence electrons. The van der Waals surface area contributed by atoms with Crippen LogP contribution >= 0.6 is 0 Å². The molecule has 0 saturated heterocycles. The number of alkyl halides is 2. The molecule has 0 fully saturated rings. The van der Waals surface area contributed by atoms with Crippen LogP contribution in [0.3, 0.4) is 0 Å². The topological polar surface area (TPSA) is 56.8 Å². The molecule has 0 spiro atoms. The molecule has 7 heteroatoms. The Morgan fingerprint density at radius 2 is 2.00 bits per heavy atom. The largest absolute Gasteiger partial charge is 0.493 e. The van der Waals surface area contributed by atoms with Crippen molar-refractivity contribution in [2.75, 3.05) is 19.0 Å². The molecular formula is C19H19F2NO4. The number of methoxy groups -OCH3 is 1. The van der Waals surface area contributed by atoms with Gasteiger partial charge in [-0.05, 0) is 42.8 Å². The lowest BCUT2D eigenvalue weighted by Gasteiger charge is -2.09. The van der Waals surface area contributed by atoms with Crippen molar-refractivity contribution in [3.63, 3.8) is 0 Å². The van der Waals surface area contributed by atoms with Gasteiger partial charge < -0.3 is 19.5 Å². The third kappa shape index (κ3) is 5.77. The van der Waals surface area contributed by atoms with Crippen LogP contribution in [-0.4, -0.2) is 26.2 Å². The van der Waals surface area contributed by atoms with Crippen molar-refractivity contribution in [1.29, 1.82) is 0 Å². The highest BCUT2D eigenvalue weighted by atomic mass is 19.3. The molecule has 26 heavy (non-hydrogen) atoms. The van der Waals surface area contributed by atoms with Crippen LogP contribution in [0.1, 0.15) is 12.5 Å². The number of anilines is 1. The molecule has 0 aromatic heterocycles. The molecule has 0 atom stereocenters. The molecule has 0 saturated carbocycles. The maximum absolute atomic E-state index is 12.2. The molecule has 2 aromatic rings. The van der Waals surface area contributed by atoms with Gasteiger partial charge in [-0.25, -0.2) is 0 Å². The second kappa shape index (κ2) is 9.41. The lowest BCUT2D eigenvalue weighted by molar-refractivity contribution is -0.111. The average molecular weight is 363 g/mol. The SMILES string of the molecule is CCOc1ccc(/C=C/C(=O)Nc2cccc(OC(F)F)c2)cc1OC. The second-order valence-electron chi connectivity index (χ2n) is 5.07. The molecular weight excluding hydrogens is 344 g/mol. The Hall–Kier alpha value is -3.09. The van der Waals surface area contributed by atoms with Crippen LogP contribution in [0.15, 0.2) is 48.5 Å². The van der Waals surface area contributed by atoms with Crippen molar-refractivity contribution in [3.8, 4) is 17.2 Å². The number of carbonyl (C=O) groups is 1. The summed E-state index contributed by atoms with van der Waals surface area (Å²) in [5.74, 6) is 0.740. The summed E-state index contributed by atoms with van der Waals surface area (Å²) in [7, 11) is 1.53. The highest BCUT2D eigenvalue weighted by Crippen LogP contribution is 2.28. The first-order chi connectivity index (χ1) is 12.5. The van der Waals surface area contributed by atoms with Crippen molar-refractivity contribution in [3.05, 3.63) is 54.1 Å². The first kappa shape index (κ1) is 19.2. The Labute approximate surface area is 150 Å². The summed E-state index contributed by atoms with van der Waals surface area (Å²) in [6.45, 7) is -0.531. The number of nitrogens with one attached hydrogen (secondary N) is 1. The van der Waals surface area contributed by atoms with Crippen molar-refractivity contribution in [2.45, 2.75) is 13.5 Å². The lowest BCUT2D eigenvalue weighted by Crippen LogP contribution is -2.08. The van der Waals surface area contributed by atoms with E-state index in [-0.39, 0.29) is 5.75 Å². The molecule has 0 aliphatic heterocycles. The lowest BCUT2D eigenvalue weighted by atomic mass is 10.2. The van der Waals surface area contributed by atoms with E-state index < -0.39 is 12.5 Å². The van der Waals surface area contributed by atoms with E-state index in [1.807, 2.05) is 6.92 Å². The quantitative estimate of drug-likeness (QED) is 0.709. The smallest absolute Gasteiger partial charge is 0.387 e. The predicted molar refractivity (Wildman–Crippen MR) is 94.9 cm³/mol. The van der Waals surface area contributed by atoms with E-state index in [0.29, 0.717) is 23.8 Å². The fourth-order valence-corrected chi connectivity index (χ4v) is 2.17. The zero-order valence-electron chi connectivity index (χ0n) is 14.4. The predicted octanol–water partition coefficient (Wildman–Crippen LogP) is 4.35. The Bertz CT molecular complexity index is 778. The maximum Gasteiger partial charge on any atom is 0.387 e. The van der Waals surface area contributed by atoms with Crippen molar-refractivity contribution >= 4 is 17.7 Å². The molecule has 0 heterocycles. The van der Waals surface area contributed by atoms with E-state index in [1.54, 1.807) is 30.3 Å². The van der Waals surface area contributed by atoms with Crippen molar-refractivity contribution in [1.82, 2.24) is 0 Å². The average Bonchev–Trinajstić information content (AvgIpc) is 2.60. The summed E-state index contributed by atoms with van der Waals surface area (Å²) in [5, 5.41) is 2.58. The first-order valence-corrected chi connectivity index (χ1v) is 7.86. The minimum Gasteiger partial charge on any atom is -0.493 e. The Morgan fingerprint density at radius 3 is 2.69 bits per heavy atom. The van der Waals surface area contributed by atoms with Crippen LogP contribution in [-0.2, 0) is 4.79 Å². The Morgan fingerprint density at radius 1 is 1.19 bits per heavy atom. The normalized spacial score (nSPS) is 10.8. The van der Waals surface area contributed by atoms with Crippen LogP contribution in [0.4, 0.5) is 14.5 Å². The summed E-state index contributed by atoms with van der Waals surface area (Å²) in [6.07, 6.45) is 2.93. The summed E-state index contributed by atoms with van der Waals surface area (Å²) in [5.41, 5.74) is 1.09. The van der Waals surface area contributed by atoms with E-state index in [9.17, 15) is 13.6 Å². The Kier molecular flexibility index (Phi) is 6.96. The monoisotopic (exact) mass is 363 g/mol. The maximum atomic E-state index is 12.2. The number of benzene rings is 2. The van der Waals surface area contributed by atoms with Gasteiger partial charge in [-0.3, -0.25) is 4.79 Å². The number of halogens is 2. The van der Waals surface area contributed by atoms with Gasteiger partial charge in [0.25, 0.3) is 0 Å². The third-order valence-electron chi connectivity index (χ3n) is 3.24. The summed E-state index contributed by atoms with van der Waals surface area (Å²) in [6, 6.07) is 11.1. The summed E-state index contributed by atoms with van der Waals surface area (Å²) >= 11 is 0. The first-order valence-electron chi connectivity index (χ1n) is 7.86. The molecule has 1 N–H and O–H groups in total. The number of carbonyl (C=O) groups excluding carboxylic acids is 1. The minimum atomic E-state index is -2.92.